The van der Waals surface area contributed by atoms with Gasteiger partial charge in [0.25, 0.3) is 0 Å². The number of nitrogens with one attached hydrogen (secondary N) is 2. The summed E-state index contributed by atoms with van der Waals surface area (Å²) < 4.78 is 0. The van der Waals surface area contributed by atoms with Gasteiger partial charge in [-0.25, -0.2) is 15.1 Å². The number of rotatable bonds is 4. The Kier molecular flexibility index (Phi) is 4.06. The van der Waals surface area contributed by atoms with E-state index in [0.717, 1.165) is 0 Å². The molecule has 90 valence electrons. The molecule has 1 fully saturated rings. The second kappa shape index (κ2) is 5.31. The van der Waals surface area contributed by atoms with E-state index in [2.05, 4.69) is 10.2 Å². The second-order valence-corrected chi connectivity index (χ2v) is 3.36. The number of likely N-dealkylation sites (tertiary alicyclic amines) is 1. The molecular weight excluding hydrogens is 218 g/mol. The van der Waals surface area contributed by atoms with Gasteiger partial charge in [0, 0.05) is 13.6 Å². The maximum absolute atomic E-state index is 11.4. The van der Waals surface area contributed by atoms with Crippen LogP contribution in [-0.2, 0) is 14.4 Å². The van der Waals surface area contributed by atoms with Gasteiger partial charge in [-0.05, 0) is 6.42 Å². The number of amides is 3. The van der Waals surface area contributed by atoms with Crippen molar-refractivity contribution in [1.29, 1.82) is 0 Å². The van der Waals surface area contributed by atoms with Gasteiger partial charge in [-0.1, -0.05) is 0 Å². The van der Waals surface area contributed by atoms with Crippen LogP contribution in [0.2, 0.25) is 0 Å². The first-order chi connectivity index (χ1) is 7.50. The molecule has 1 unspecified atom stereocenters. The number of urea groups is 1. The van der Waals surface area contributed by atoms with Crippen LogP contribution in [0.15, 0.2) is 0 Å². The van der Waals surface area contributed by atoms with Crippen LogP contribution in [0.1, 0.15) is 6.42 Å². The molecule has 0 spiro atoms. The van der Waals surface area contributed by atoms with Crippen molar-refractivity contribution in [2.75, 3.05) is 20.2 Å². The summed E-state index contributed by atoms with van der Waals surface area (Å²) in [6.45, 7) is -0.0499. The lowest BCUT2D eigenvalue weighted by Gasteiger charge is -2.12. The van der Waals surface area contributed by atoms with E-state index >= 15 is 0 Å². The van der Waals surface area contributed by atoms with Crippen LogP contribution in [0, 0.1) is 0 Å². The number of aliphatic carboxylic acids is 1. The van der Waals surface area contributed by atoms with Crippen molar-refractivity contribution in [3.8, 4) is 0 Å². The van der Waals surface area contributed by atoms with E-state index in [-0.39, 0.29) is 5.91 Å². The summed E-state index contributed by atoms with van der Waals surface area (Å²) in [6.07, 6.45) is 0.529. The lowest BCUT2D eigenvalue weighted by molar-refractivity contribution is -0.144. The van der Waals surface area contributed by atoms with Gasteiger partial charge < -0.3 is 15.3 Å². The van der Waals surface area contributed by atoms with E-state index in [1.54, 1.807) is 7.05 Å². The summed E-state index contributed by atoms with van der Waals surface area (Å²) in [4.78, 5) is 38.4. The van der Waals surface area contributed by atoms with Crippen LogP contribution in [0.3, 0.4) is 0 Å². The van der Waals surface area contributed by atoms with E-state index < -0.39 is 24.6 Å². The van der Waals surface area contributed by atoms with E-state index in [0.29, 0.717) is 13.0 Å². The lowest BCUT2D eigenvalue weighted by atomic mass is 10.2. The van der Waals surface area contributed by atoms with Gasteiger partial charge in [-0.3, -0.25) is 9.63 Å². The first-order valence-corrected chi connectivity index (χ1v) is 4.65. The Labute approximate surface area is 91.5 Å². The van der Waals surface area contributed by atoms with Crippen molar-refractivity contribution < 1.29 is 24.3 Å². The quantitative estimate of drug-likeness (QED) is 0.512. The topological polar surface area (TPSA) is 108 Å². The molecule has 0 bridgehead atoms. The highest BCUT2D eigenvalue weighted by atomic mass is 16.7. The summed E-state index contributed by atoms with van der Waals surface area (Å²) in [6, 6.07) is -1.30. The number of carboxylic acid groups (broad SMARTS) is 1. The minimum absolute atomic E-state index is 0.173. The van der Waals surface area contributed by atoms with Gasteiger partial charge >= 0.3 is 12.0 Å². The predicted molar refractivity (Wildman–Crippen MR) is 51.3 cm³/mol. The summed E-state index contributed by atoms with van der Waals surface area (Å²) in [5.41, 5.74) is 1.87. The van der Waals surface area contributed by atoms with Crippen LogP contribution in [0.25, 0.3) is 0 Å². The van der Waals surface area contributed by atoms with Crippen molar-refractivity contribution in [2.45, 2.75) is 12.5 Å². The molecule has 0 radical (unpaired) electrons. The average Bonchev–Trinajstić information content (AvgIpc) is 2.49. The molecule has 16 heavy (non-hydrogen) atoms. The number of hydrogen-bond acceptors (Lipinski definition) is 4. The van der Waals surface area contributed by atoms with E-state index in [1.165, 1.54) is 4.90 Å². The van der Waals surface area contributed by atoms with Crippen molar-refractivity contribution in [2.24, 2.45) is 0 Å². The fraction of sp³-hybridized carbons (Fsp3) is 0.625. The maximum atomic E-state index is 11.4. The number of nitrogens with zero attached hydrogens (tertiary/aromatic N) is 1. The Morgan fingerprint density at radius 3 is 2.81 bits per heavy atom. The normalized spacial score (nSPS) is 19.7. The Morgan fingerprint density at radius 2 is 2.31 bits per heavy atom. The zero-order valence-electron chi connectivity index (χ0n) is 8.73. The number of carbonyl (C=O) groups is 3. The minimum Gasteiger partial charge on any atom is -0.479 e. The van der Waals surface area contributed by atoms with Crippen LogP contribution < -0.4 is 10.8 Å². The molecule has 0 aromatic carbocycles. The first-order valence-electron chi connectivity index (χ1n) is 4.65. The number of hydrogen-bond donors (Lipinski definition) is 3. The largest absolute Gasteiger partial charge is 0.479 e. The molecule has 1 atom stereocenters. The Balaban J connectivity index is 2.24. The van der Waals surface area contributed by atoms with Gasteiger partial charge in [-0.15, -0.1) is 0 Å². The Bertz CT molecular complexity index is 306. The molecule has 1 aliphatic rings. The third kappa shape index (κ3) is 3.39. The SMILES string of the molecule is CN1CCC(NC(=O)NOCC(=O)O)C1=O. The van der Waals surface area contributed by atoms with Crippen molar-refractivity contribution in [1.82, 2.24) is 15.7 Å². The zero-order valence-corrected chi connectivity index (χ0v) is 8.73. The second-order valence-electron chi connectivity index (χ2n) is 3.36. The molecule has 0 aliphatic carbocycles. The van der Waals surface area contributed by atoms with Crippen LogP contribution in [0.4, 0.5) is 4.79 Å². The van der Waals surface area contributed by atoms with Crippen LogP contribution >= 0.6 is 0 Å². The standard InChI is InChI=1S/C8H13N3O5/c1-11-3-2-5(7(11)14)9-8(15)10-16-4-6(12)13/h5H,2-4H2,1H3,(H,12,13)(H2,9,10,15). The summed E-state index contributed by atoms with van der Waals surface area (Å²) in [5, 5.41) is 10.6. The van der Waals surface area contributed by atoms with Gasteiger partial charge in [0.2, 0.25) is 5.91 Å². The third-order valence-electron chi connectivity index (χ3n) is 2.09. The first kappa shape index (κ1) is 12.2. The molecule has 8 nitrogen and oxygen atoms in total. The number of likely N-dealkylation sites (N-methyl/N-ethyl adjacent to an activating group) is 1. The number of carbonyl (C=O) groups excluding carboxylic acids is 2. The highest BCUT2D eigenvalue weighted by molar-refractivity contribution is 5.88. The molecule has 1 heterocycles. The zero-order chi connectivity index (χ0) is 12.1. The van der Waals surface area contributed by atoms with E-state index in [4.69, 9.17) is 5.11 Å². The molecule has 0 saturated carbocycles. The van der Waals surface area contributed by atoms with E-state index in [9.17, 15) is 14.4 Å². The fourth-order valence-electron chi connectivity index (χ4n) is 1.31. The summed E-state index contributed by atoms with van der Waals surface area (Å²) in [7, 11) is 1.64. The maximum Gasteiger partial charge on any atom is 0.339 e. The molecule has 1 saturated heterocycles. The monoisotopic (exact) mass is 231 g/mol. The van der Waals surface area contributed by atoms with E-state index in [1.807, 2.05) is 5.48 Å². The van der Waals surface area contributed by atoms with Crippen molar-refractivity contribution >= 4 is 17.9 Å². The molecular formula is C8H13N3O5. The van der Waals surface area contributed by atoms with Gasteiger partial charge in [0.15, 0.2) is 6.61 Å². The third-order valence-corrected chi connectivity index (χ3v) is 2.09. The summed E-state index contributed by atoms with van der Waals surface area (Å²) in [5.74, 6) is -1.37. The molecule has 0 aromatic heterocycles. The number of hydroxylamine groups is 1. The van der Waals surface area contributed by atoms with Crippen molar-refractivity contribution in [3.63, 3.8) is 0 Å². The lowest BCUT2D eigenvalue weighted by Crippen LogP contribution is -2.45. The van der Waals surface area contributed by atoms with Gasteiger partial charge in [-0.2, -0.15) is 0 Å². The molecule has 1 rings (SSSR count). The highest BCUT2D eigenvalue weighted by Gasteiger charge is 2.30. The van der Waals surface area contributed by atoms with Gasteiger partial charge in [0.05, 0.1) is 0 Å². The van der Waals surface area contributed by atoms with Crippen LogP contribution in [-0.4, -0.2) is 54.2 Å². The van der Waals surface area contributed by atoms with Crippen molar-refractivity contribution in [3.05, 3.63) is 0 Å². The molecule has 1 aliphatic heterocycles. The van der Waals surface area contributed by atoms with Gasteiger partial charge in [0.1, 0.15) is 6.04 Å². The summed E-state index contributed by atoms with van der Waals surface area (Å²) >= 11 is 0. The average molecular weight is 231 g/mol. The molecule has 3 amide bonds. The molecule has 0 aromatic rings. The highest BCUT2D eigenvalue weighted by Crippen LogP contribution is 2.07. The Morgan fingerprint density at radius 1 is 1.62 bits per heavy atom. The fourth-order valence-corrected chi connectivity index (χ4v) is 1.31. The minimum atomic E-state index is -1.20. The predicted octanol–water partition coefficient (Wildman–Crippen LogP) is -1.47. The molecule has 8 heteroatoms. The number of carboxylic acids is 1. The van der Waals surface area contributed by atoms with Crippen LogP contribution in [0.5, 0.6) is 0 Å². The smallest absolute Gasteiger partial charge is 0.339 e. The Hall–Kier alpha value is -1.83. The molecule has 3 N–H and O–H groups in total.